The SMILES string of the molecule is O=C(C=CC(=O)N1CCCCC1)Nc1cccnc1. The van der Waals surface area contributed by atoms with Gasteiger partial charge in [-0.1, -0.05) is 0 Å². The van der Waals surface area contributed by atoms with Crippen LogP contribution in [-0.2, 0) is 9.59 Å². The third-order valence-electron chi connectivity index (χ3n) is 2.97. The molecule has 1 aromatic rings. The lowest BCUT2D eigenvalue weighted by Gasteiger charge is -2.25. The molecule has 19 heavy (non-hydrogen) atoms. The fraction of sp³-hybridized carbons (Fsp3) is 0.357. The van der Waals surface area contributed by atoms with Crippen LogP contribution in [0.1, 0.15) is 19.3 Å². The number of likely N-dealkylation sites (tertiary alicyclic amines) is 1. The topological polar surface area (TPSA) is 62.3 Å². The molecule has 2 heterocycles. The lowest BCUT2D eigenvalue weighted by atomic mass is 10.1. The summed E-state index contributed by atoms with van der Waals surface area (Å²) in [5.41, 5.74) is 0.613. The minimum absolute atomic E-state index is 0.0963. The van der Waals surface area contributed by atoms with Crippen LogP contribution in [0.25, 0.3) is 0 Å². The third-order valence-corrected chi connectivity index (χ3v) is 2.97. The number of nitrogens with one attached hydrogen (secondary N) is 1. The summed E-state index contributed by atoms with van der Waals surface area (Å²) in [5, 5.41) is 2.64. The average molecular weight is 259 g/mol. The molecule has 100 valence electrons. The maximum absolute atomic E-state index is 11.8. The Bertz CT molecular complexity index is 465. The second-order valence-corrected chi connectivity index (χ2v) is 4.45. The van der Waals surface area contributed by atoms with E-state index in [0.717, 1.165) is 25.9 Å². The van der Waals surface area contributed by atoms with Crippen LogP contribution in [0.5, 0.6) is 0 Å². The van der Waals surface area contributed by atoms with Gasteiger partial charge in [-0.05, 0) is 31.4 Å². The van der Waals surface area contributed by atoms with Crippen molar-refractivity contribution in [2.75, 3.05) is 18.4 Å². The number of hydrogen-bond acceptors (Lipinski definition) is 3. The molecular weight excluding hydrogens is 242 g/mol. The molecule has 1 fully saturated rings. The Morgan fingerprint density at radius 1 is 1.21 bits per heavy atom. The van der Waals surface area contributed by atoms with Gasteiger partial charge in [0.25, 0.3) is 0 Å². The van der Waals surface area contributed by atoms with Crippen molar-refractivity contribution < 1.29 is 9.59 Å². The van der Waals surface area contributed by atoms with Crippen LogP contribution in [0.4, 0.5) is 5.69 Å². The van der Waals surface area contributed by atoms with Crippen molar-refractivity contribution in [3.63, 3.8) is 0 Å². The summed E-state index contributed by atoms with van der Waals surface area (Å²) >= 11 is 0. The molecule has 5 nitrogen and oxygen atoms in total. The molecule has 2 amide bonds. The molecule has 0 unspecified atom stereocenters. The summed E-state index contributed by atoms with van der Waals surface area (Å²) in [6.45, 7) is 1.57. The van der Waals surface area contributed by atoms with Crippen LogP contribution in [-0.4, -0.2) is 34.8 Å². The largest absolute Gasteiger partial charge is 0.339 e. The first-order valence-electron chi connectivity index (χ1n) is 6.44. The van der Waals surface area contributed by atoms with E-state index in [1.54, 1.807) is 29.4 Å². The Balaban J connectivity index is 1.84. The number of carbonyl (C=O) groups excluding carboxylic acids is 2. The summed E-state index contributed by atoms with van der Waals surface area (Å²) in [4.78, 5) is 29.1. The smallest absolute Gasteiger partial charge is 0.248 e. The summed E-state index contributed by atoms with van der Waals surface area (Å²) in [5.74, 6) is -0.417. The molecule has 0 radical (unpaired) electrons. The molecule has 0 saturated carbocycles. The van der Waals surface area contributed by atoms with Gasteiger partial charge in [0.05, 0.1) is 11.9 Å². The fourth-order valence-corrected chi connectivity index (χ4v) is 1.99. The molecule has 0 aromatic carbocycles. The molecule has 1 aliphatic rings. The van der Waals surface area contributed by atoms with Crippen LogP contribution >= 0.6 is 0 Å². The number of carbonyl (C=O) groups is 2. The normalized spacial score (nSPS) is 15.5. The van der Waals surface area contributed by atoms with Crippen molar-refractivity contribution in [1.29, 1.82) is 0 Å². The number of nitrogens with zero attached hydrogens (tertiary/aromatic N) is 2. The first-order valence-corrected chi connectivity index (χ1v) is 6.44. The quantitative estimate of drug-likeness (QED) is 0.838. The first kappa shape index (κ1) is 13.3. The highest BCUT2D eigenvalue weighted by Gasteiger charge is 2.13. The van der Waals surface area contributed by atoms with E-state index in [9.17, 15) is 9.59 Å². The van der Waals surface area contributed by atoms with Crippen molar-refractivity contribution in [3.05, 3.63) is 36.7 Å². The van der Waals surface area contributed by atoms with Crippen LogP contribution < -0.4 is 5.32 Å². The maximum atomic E-state index is 11.8. The monoisotopic (exact) mass is 259 g/mol. The number of piperidine rings is 1. The predicted molar refractivity (Wildman–Crippen MR) is 72.4 cm³/mol. The second-order valence-electron chi connectivity index (χ2n) is 4.45. The highest BCUT2D eigenvalue weighted by atomic mass is 16.2. The van der Waals surface area contributed by atoms with Gasteiger partial charge in [0, 0.05) is 31.4 Å². The number of amides is 2. The molecule has 0 atom stereocenters. The van der Waals surface area contributed by atoms with Gasteiger partial charge in [0.2, 0.25) is 11.8 Å². The van der Waals surface area contributed by atoms with Crippen molar-refractivity contribution in [3.8, 4) is 0 Å². The van der Waals surface area contributed by atoms with E-state index >= 15 is 0 Å². The van der Waals surface area contributed by atoms with Crippen molar-refractivity contribution in [1.82, 2.24) is 9.88 Å². The Morgan fingerprint density at radius 2 is 2.00 bits per heavy atom. The molecule has 2 rings (SSSR count). The zero-order valence-corrected chi connectivity index (χ0v) is 10.7. The van der Waals surface area contributed by atoms with E-state index in [0.29, 0.717) is 5.69 Å². The molecule has 0 aliphatic carbocycles. The van der Waals surface area contributed by atoms with Gasteiger partial charge in [0.15, 0.2) is 0 Å². The number of rotatable bonds is 3. The summed E-state index contributed by atoms with van der Waals surface area (Å²) in [6, 6.07) is 3.48. The van der Waals surface area contributed by atoms with Gasteiger partial charge in [-0.25, -0.2) is 0 Å². The molecule has 1 aromatic heterocycles. The Kier molecular flexibility index (Phi) is 4.66. The minimum Gasteiger partial charge on any atom is -0.339 e. The van der Waals surface area contributed by atoms with Gasteiger partial charge in [0.1, 0.15) is 0 Å². The summed E-state index contributed by atoms with van der Waals surface area (Å²) in [6.07, 6.45) is 9.04. The molecule has 1 saturated heterocycles. The van der Waals surface area contributed by atoms with Crippen molar-refractivity contribution in [2.45, 2.75) is 19.3 Å². The minimum atomic E-state index is -0.321. The lowest BCUT2D eigenvalue weighted by molar-refractivity contribution is -0.127. The molecule has 5 heteroatoms. The summed E-state index contributed by atoms with van der Waals surface area (Å²) in [7, 11) is 0. The fourth-order valence-electron chi connectivity index (χ4n) is 1.99. The predicted octanol–water partition coefficient (Wildman–Crippen LogP) is 1.59. The van der Waals surface area contributed by atoms with Gasteiger partial charge in [-0.3, -0.25) is 14.6 Å². The van der Waals surface area contributed by atoms with E-state index in [1.165, 1.54) is 18.6 Å². The standard InChI is InChI=1S/C14H17N3O2/c18-13(16-12-5-4-8-15-11-12)6-7-14(19)17-9-2-1-3-10-17/h4-8,11H,1-3,9-10H2,(H,16,18). The summed E-state index contributed by atoms with van der Waals surface area (Å²) < 4.78 is 0. The highest BCUT2D eigenvalue weighted by molar-refractivity contribution is 6.03. The highest BCUT2D eigenvalue weighted by Crippen LogP contribution is 2.09. The number of pyridine rings is 1. The van der Waals surface area contributed by atoms with E-state index < -0.39 is 0 Å². The van der Waals surface area contributed by atoms with Gasteiger partial charge in [-0.15, -0.1) is 0 Å². The van der Waals surface area contributed by atoms with Gasteiger partial charge >= 0.3 is 0 Å². The zero-order chi connectivity index (χ0) is 13.5. The molecule has 0 spiro atoms. The van der Waals surface area contributed by atoms with Gasteiger partial charge in [-0.2, -0.15) is 0 Å². The Morgan fingerprint density at radius 3 is 2.68 bits per heavy atom. The van der Waals surface area contributed by atoms with Crippen LogP contribution in [0.3, 0.4) is 0 Å². The first-order chi connectivity index (χ1) is 9.25. The molecular formula is C14H17N3O2. The Hall–Kier alpha value is -2.17. The van der Waals surface area contributed by atoms with E-state index in [4.69, 9.17) is 0 Å². The van der Waals surface area contributed by atoms with Crippen molar-refractivity contribution in [2.24, 2.45) is 0 Å². The van der Waals surface area contributed by atoms with Crippen LogP contribution in [0.2, 0.25) is 0 Å². The maximum Gasteiger partial charge on any atom is 0.248 e. The second kappa shape index (κ2) is 6.68. The Labute approximate surface area is 112 Å². The average Bonchev–Trinajstić information content (AvgIpc) is 2.47. The number of hydrogen-bond donors (Lipinski definition) is 1. The van der Waals surface area contributed by atoms with Crippen LogP contribution in [0.15, 0.2) is 36.7 Å². The molecule has 1 N–H and O–H groups in total. The molecule has 0 bridgehead atoms. The lowest BCUT2D eigenvalue weighted by Crippen LogP contribution is -2.34. The number of anilines is 1. The van der Waals surface area contributed by atoms with Gasteiger partial charge < -0.3 is 10.2 Å². The number of aromatic nitrogens is 1. The molecule has 1 aliphatic heterocycles. The van der Waals surface area contributed by atoms with E-state index in [1.807, 2.05) is 0 Å². The van der Waals surface area contributed by atoms with E-state index in [-0.39, 0.29) is 11.8 Å². The van der Waals surface area contributed by atoms with Crippen LogP contribution in [0, 0.1) is 0 Å². The van der Waals surface area contributed by atoms with E-state index in [2.05, 4.69) is 10.3 Å². The zero-order valence-electron chi connectivity index (χ0n) is 10.7. The third kappa shape index (κ3) is 4.21. The van der Waals surface area contributed by atoms with Crippen molar-refractivity contribution >= 4 is 17.5 Å².